The summed E-state index contributed by atoms with van der Waals surface area (Å²) in [6, 6.07) is 0. The average molecular weight is 186 g/mol. The molecule has 2 N–H and O–H groups in total. The van der Waals surface area contributed by atoms with E-state index in [0.29, 0.717) is 19.0 Å². The van der Waals surface area contributed by atoms with E-state index in [1.165, 1.54) is 0 Å². The molecular weight excluding hydrogens is 168 g/mol. The fraction of sp³-hybridized carbons (Fsp3) is 0.889. The molecule has 4 nitrogen and oxygen atoms in total. The minimum absolute atomic E-state index is 0.130. The van der Waals surface area contributed by atoms with Crippen molar-refractivity contribution in [3.05, 3.63) is 0 Å². The number of rotatable bonds is 3. The molecule has 1 aliphatic heterocycles. The SMILES string of the molecule is CNCC(=O)N1C[C@@H](CO)[C@H](C)C1. The molecular formula is C9H18N2O2. The lowest BCUT2D eigenvalue weighted by atomic mass is 10.00. The first-order valence-corrected chi connectivity index (χ1v) is 4.72. The summed E-state index contributed by atoms with van der Waals surface area (Å²) in [4.78, 5) is 13.3. The summed E-state index contributed by atoms with van der Waals surface area (Å²) in [6.07, 6.45) is 0. The predicted molar refractivity (Wildman–Crippen MR) is 50.2 cm³/mol. The molecule has 0 aliphatic carbocycles. The van der Waals surface area contributed by atoms with E-state index in [4.69, 9.17) is 5.11 Å². The van der Waals surface area contributed by atoms with Gasteiger partial charge in [0, 0.05) is 25.6 Å². The van der Waals surface area contributed by atoms with Gasteiger partial charge < -0.3 is 15.3 Å². The Morgan fingerprint density at radius 3 is 2.77 bits per heavy atom. The zero-order valence-corrected chi connectivity index (χ0v) is 8.29. The van der Waals surface area contributed by atoms with Crippen LogP contribution in [0.2, 0.25) is 0 Å². The molecule has 4 heteroatoms. The normalized spacial score (nSPS) is 28.1. The lowest BCUT2D eigenvalue weighted by Crippen LogP contribution is -2.35. The Balaban J connectivity index is 2.43. The van der Waals surface area contributed by atoms with Gasteiger partial charge in [-0.05, 0) is 13.0 Å². The molecule has 1 aliphatic rings. The van der Waals surface area contributed by atoms with E-state index in [0.717, 1.165) is 6.54 Å². The van der Waals surface area contributed by atoms with Crippen LogP contribution < -0.4 is 5.32 Å². The van der Waals surface area contributed by atoms with Gasteiger partial charge in [0.1, 0.15) is 0 Å². The van der Waals surface area contributed by atoms with Crippen LogP contribution in [0, 0.1) is 11.8 Å². The summed E-state index contributed by atoms with van der Waals surface area (Å²) < 4.78 is 0. The third-order valence-corrected chi connectivity index (χ3v) is 2.68. The summed E-state index contributed by atoms with van der Waals surface area (Å²) >= 11 is 0. The number of aliphatic hydroxyl groups is 1. The quantitative estimate of drug-likeness (QED) is 0.612. The molecule has 0 spiro atoms. The first-order valence-electron chi connectivity index (χ1n) is 4.72. The zero-order valence-electron chi connectivity index (χ0n) is 8.29. The van der Waals surface area contributed by atoms with Crippen molar-refractivity contribution in [1.29, 1.82) is 0 Å². The van der Waals surface area contributed by atoms with E-state index in [1.54, 1.807) is 7.05 Å². The van der Waals surface area contributed by atoms with Crippen molar-refractivity contribution >= 4 is 5.91 Å². The molecule has 1 rings (SSSR count). The van der Waals surface area contributed by atoms with E-state index in [1.807, 2.05) is 4.90 Å². The number of nitrogens with one attached hydrogen (secondary N) is 1. The third kappa shape index (κ3) is 2.42. The summed E-state index contributed by atoms with van der Waals surface area (Å²) in [5.74, 6) is 0.817. The number of likely N-dealkylation sites (tertiary alicyclic amines) is 1. The number of hydrogen-bond acceptors (Lipinski definition) is 3. The molecule has 2 atom stereocenters. The molecule has 0 bridgehead atoms. The highest BCUT2D eigenvalue weighted by molar-refractivity contribution is 5.78. The number of hydrogen-bond donors (Lipinski definition) is 2. The molecule has 1 fully saturated rings. The highest BCUT2D eigenvalue weighted by Gasteiger charge is 2.31. The van der Waals surface area contributed by atoms with E-state index in [9.17, 15) is 4.79 Å². The highest BCUT2D eigenvalue weighted by atomic mass is 16.3. The van der Waals surface area contributed by atoms with Crippen LogP contribution in [0.1, 0.15) is 6.92 Å². The van der Waals surface area contributed by atoms with Gasteiger partial charge in [-0.3, -0.25) is 4.79 Å². The molecule has 1 amide bonds. The Morgan fingerprint density at radius 2 is 2.31 bits per heavy atom. The van der Waals surface area contributed by atoms with Gasteiger partial charge in [-0.2, -0.15) is 0 Å². The van der Waals surface area contributed by atoms with Gasteiger partial charge in [0.2, 0.25) is 5.91 Å². The predicted octanol–water partition coefficient (Wildman–Crippen LogP) is -0.707. The van der Waals surface area contributed by atoms with E-state index >= 15 is 0 Å². The number of amides is 1. The van der Waals surface area contributed by atoms with Crippen LogP contribution in [0.5, 0.6) is 0 Å². The lowest BCUT2D eigenvalue weighted by molar-refractivity contribution is -0.129. The summed E-state index contributed by atoms with van der Waals surface area (Å²) in [5, 5.41) is 11.9. The first kappa shape index (κ1) is 10.5. The van der Waals surface area contributed by atoms with Crippen LogP contribution in [-0.2, 0) is 4.79 Å². The van der Waals surface area contributed by atoms with Gasteiger partial charge in [-0.25, -0.2) is 0 Å². The van der Waals surface area contributed by atoms with E-state index < -0.39 is 0 Å². The van der Waals surface area contributed by atoms with Crippen molar-refractivity contribution in [2.45, 2.75) is 6.92 Å². The van der Waals surface area contributed by atoms with Crippen molar-refractivity contribution < 1.29 is 9.90 Å². The fourth-order valence-corrected chi connectivity index (χ4v) is 1.74. The smallest absolute Gasteiger partial charge is 0.236 e. The average Bonchev–Trinajstić information content (AvgIpc) is 2.47. The lowest BCUT2D eigenvalue weighted by Gasteiger charge is -2.15. The van der Waals surface area contributed by atoms with Gasteiger partial charge in [0.25, 0.3) is 0 Å². The number of carbonyl (C=O) groups is 1. The standard InChI is InChI=1S/C9H18N2O2/c1-7-4-11(5-8(7)6-12)9(13)3-10-2/h7-8,10,12H,3-6H2,1-2H3/t7-,8+/m1/s1. The Kier molecular flexibility index (Phi) is 3.69. The van der Waals surface area contributed by atoms with Crippen molar-refractivity contribution in [2.24, 2.45) is 11.8 Å². The molecule has 1 heterocycles. The van der Waals surface area contributed by atoms with Gasteiger partial charge in [0.15, 0.2) is 0 Å². The molecule has 1 saturated heterocycles. The van der Waals surface area contributed by atoms with Crippen molar-refractivity contribution in [1.82, 2.24) is 10.2 Å². The molecule has 0 aromatic carbocycles. The minimum Gasteiger partial charge on any atom is -0.396 e. The van der Waals surface area contributed by atoms with E-state index in [-0.39, 0.29) is 18.4 Å². The maximum atomic E-state index is 11.4. The first-order chi connectivity index (χ1) is 6.19. The van der Waals surface area contributed by atoms with Crippen LogP contribution in [0.3, 0.4) is 0 Å². The van der Waals surface area contributed by atoms with Gasteiger partial charge in [-0.1, -0.05) is 6.92 Å². The molecule has 0 saturated carbocycles. The zero-order chi connectivity index (χ0) is 9.84. The Bertz CT molecular complexity index is 184. The van der Waals surface area contributed by atoms with Crippen molar-refractivity contribution in [2.75, 3.05) is 33.3 Å². The van der Waals surface area contributed by atoms with Gasteiger partial charge in [0.05, 0.1) is 6.54 Å². The maximum absolute atomic E-state index is 11.4. The Labute approximate surface area is 78.9 Å². The second kappa shape index (κ2) is 4.58. The third-order valence-electron chi connectivity index (χ3n) is 2.68. The summed E-state index contributed by atoms with van der Waals surface area (Å²) in [6.45, 7) is 4.15. The summed E-state index contributed by atoms with van der Waals surface area (Å²) in [7, 11) is 1.76. The second-order valence-electron chi connectivity index (χ2n) is 3.75. The fourth-order valence-electron chi connectivity index (χ4n) is 1.74. The Hall–Kier alpha value is -0.610. The molecule has 0 aromatic heterocycles. The second-order valence-corrected chi connectivity index (χ2v) is 3.75. The van der Waals surface area contributed by atoms with Crippen LogP contribution >= 0.6 is 0 Å². The number of nitrogens with zero attached hydrogens (tertiary/aromatic N) is 1. The van der Waals surface area contributed by atoms with Crippen LogP contribution in [0.15, 0.2) is 0 Å². The van der Waals surface area contributed by atoms with Crippen LogP contribution in [0.25, 0.3) is 0 Å². The highest BCUT2D eigenvalue weighted by Crippen LogP contribution is 2.21. The minimum atomic E-state index is 0.130. The number of aliphatic hydroxyl groups excluding tert-OH is 1. The van der Waals surface area contributed by atoms with Gasteiger partial charge in [-0.15, -0.1) is 0 Å². The van der Waals surface area contributed by atoms with Crippen molar-refractivity contribution in [3.63, 3.8) is 0 Å². The molecule has 76 valence electrons. The largest absolute Gasteiger partial charge is 0.396 e. The Morgan fingerprint density at radius 1 is 1.62 bits per heavy atom. The summed E-state index contributed by atoms with van der Waals surface area (Å²) in [5.41, 5.74) is 0. The molecule has 0 radical (unpaired) electrons. The number of carbonyl (C=O) groups excluding carboxylic acids is 1. The van der Waals surface area contributed by atoms with Crippen molar-refractivity contribution in [3.8, 4) is 0 Å². The molecule has 0 aromatic rings. The van der Waals surface area contributed by atoms with Crippen LogP contribution in [-0.4, -0.2) is 49.2 Å². The topological polar surface area (TPSA) is 52.6 Å². The van der Waals surface area contributed by atoms with Gasteiger partial charge >= 0.3 is 0 Å². The molecule has 13 heavy (non-hydrogen) atoms. The maximum Gasteiger partial charge on any atom is 0.236 e. The van der Waals surface area contributed by atoms with Crippen LogP contribution in [0.4, 0.5) is 0 Å². The monoisotopic (exact) mass is 186 g/mol. The van der Waals surface area contributed by atoms with E-state index in [2.05, 4.69) is 12.2 Å². The number of likely N-dealkylation sites (N-methyl/N-ethyl adjacent to an activating group) is 1. The molecule has 0 unspecified atom stereocenters.